The van der Waals surface area contributed by atoms with Crippen LogP contribution in [0.3, 0.4) is 0 Å². The first-order valence-corrected chi connectivity index (χ1v) is 10.5. The number of pyridine rings is 1. The molecule has 3 heterocycles. The first kappa shape index (κ1) is 17.9. The van der Waals surface area contributed by atoms with Crippen molar-refractivity contribution < 1.29 is 13.2 Å². The monoisotopic (exact) mass is 381 g/mol. The lowest BCUT2D eigenvalue weighted by Gasteiger charge is -2.15. The first-order chi connectivity index (χ1) is 11.9. The predicted molar refractivity (Wildman–Crippen MR) is 94.8 cm³/mol. The van der Waals surface area contributed by atoms with Crippen molar-refractivity contribution in [1.29, 1.82) is 0 Å². The molecule has 0 bridgehead atoms. The third kappa shape index (κ3) is 4.18. The summed E-state index contributed by atoms with van der Waals surface area (Å²) in [5, 5.41) is 11.3. The van der Waals surface area contributed by atoms with E-state index in [1.807, 2.05) is 23.7 Å². The van der Waals surface area contributed by atoms with E-state index >= 15 is 0 Å². The average Bonchev–Trinajstić information content (AvgIpc) is 3.11. The van der Waals surface area contributed by atoms with E-state index in [1.54, 1.807) is 19.3 Å². The van der Waals surface area contributed by atoms with Crippen LogP contribution in [0.1, 0.15) is 13.3 Å². The average molecular weight is 381 g/mol. The first-order valence-electron chi connectivity index (χ1n) is 7.83. The quantitative estimate of drug-likeness (QED) is 0.758. The number of nitrogens with one attached hydrogen (secondary N) is 1. The van der Waals surface area contributed by atoms with Gasteiger partial charge in [-0.15, -0.1) is 10.2 Å². The van der Waals surface area contributed by atoms with Crippen LogP contribution in [0.5, 0.6) is 0 Å². The number of rotatable bonds is 5. The van der Waals surface area contributed by atoms with E-state index in [0.29, 0.717) is 17.4 Å². The summed E-state index contributed by atoms with van der Waals surface area (Å²) >= 11 is 1.29. The molecule has 8 nitrogen and oxygen atoms in total. The lowest BCUT2D eigenvalue weighted by molar-refractivity contribution is -0.120. The Bertz CT molecular complexity index is 867. The summed E-state index contributed by atoms with van der Waals surface area (Å²) in [5.41, 5.74) is 0.894. The number of nitrogens with zero attached hydrogens (tertiary/aromatic N) is 4. The summed E-state index contributed by atoms with van der Waals surface area (Å²) in [6, 6.07) is 3.39. The molecule has 0 unspecified atom stereocenters. The Morgan fingerprint density at radius 1 is 1.36 bits per heavy atom. The van der Waals surface area contributed by atoms with E-state index in [0.717, 1.165) is 5.56 Å². The normalized spacial score (nSPS) is 20.3. The minimum atomic E-state index is -3.01. The lowest BCUT2D eigenvalue weighted by atomic mass is 10.2. The molecule has 1 amide bonds. The van der Waals surface area contributed by atoms with Crippen molar-refractivity contribution in [3.63, 3.8) is 0 Å². The molecule has 1 aliphatic heterocycles. The van der Waals surface area contributed by atoms with Crippen LogP contribution in [0.15, 0.2) is 29.7 Å². The Morgan fingerprint density at radius 2 is 2.08 bits per heavy atom. The van der Waals surface area contributed by atoms with Gasteiger partial charge in [-0.3, -0.25) is 9.78 Å². The minimum Gasteiger partial charge on any atom is -0.351 e. The van der Waals surface area contributed by atoms with E-state index in [1.165, 1.54) is 11.8 Å². The smallest absolute Gasteiger partial charge is 0.233 e. The largest absolute Gasteiger partial charge is 0.351 e. The number of thioether (sulfide) groups is 1. The fourth-order valence-corrected chi connectivity index (χ4v) is 5.11. The molecule has 25 heavy (non-hydrogen) atoms. The van der Waals surface area contributed by atoms with Crippen molar-refractivity contribution in [2.24, 2.45) is 7.05 Å². The number of amides is 1. The summed E-state index contributed by atoms with van der Waals surface area (Å²) in [5.74, 6) is 0.657. The third-order valence-corrected chi connectivity index (χ3v) is 6.91. The molecule has 2 aromatic heterocycles. The van der Waals surface area contributed by atoms with Crippen LogP contribution < -0.4 is 5.32 Å². The van der Waals surface area contributed by atoms with Crippen LogP contribution in [0.25, 0.3) is 11.4 Å². The molecule has 1 aliphatic rings. The highest BCUT2D eigenvalue weighted by atomic mass is 32.2. The fourth-order valence-electron chi connectivity index (χ4n) is 2.61. The van der Waals surface area contributed by atoms with Gasteiger partial charge in [-0.25, -0.2) is 8.42 Å². The van der Waals surface area contributed by atoms with Crippen molar-refractivity contribution in [2.45, 2.75) is 29.8 Å². The number of carbonyl (C=O) groups excluding carboxylic acids is 1. The van der Waals surface area contributed by atoms with Crippen LogP contribution in [0.2, 0.25) is 0 Å². The van der Waals surface area contributed by atoms with Gasteiger partial charge in [-0.2, -0.15) is 0 Å². The maximum Gasteiger partial charge on any atom is 0.233 e. The van der Waals surface area contributed by atoms with E-state index in [9.17, 15) is 13.2 Å². The second kappa shape index (κ2) is 7.12. The molecule has 0 radical (unpaired) electrons. The molecule has 134 valence electrons. The Labute approximate surface area is 150 Å². The van der Waals surface area contributed by atoms with Crippen LogP contribution in [-0.4, -0.2) is 56.9 Å². The molecule has 0 saturated carbocycles. The highest BCUT2D eigenvalue weighted by Gasteiger charge is 2.30. The van der Waals surface area contributed by atoms with Gasteiger partial charge in [0, 0.05) is 31.0 Å². The number of hydrogen-bond acceptors (Lipinski definition) is 7. The van der Waals surface area contributed by atoms with Gasteiger partial charge >= 0.3 is 0 Å². The predicted octanol–water partition coefficient (Wildman–Crippen LogP) is 0.661. The fraction of sp³-hybridized carbons (Fsp3) is 0.467. The summed E-state index contributed by atoms with van der Waals surface area (Å²) in [6.45, 7) is 1.77. The van der Waals surface area contributed by atoms with Crippen molar-refractivity contribution in [3.8, 4) is 11.4 Å². The van der Waals surface area contributed by atoms with Gasteiger partial charge in [0.2, 0.25) is 5.91 Å². The standard InChI is InChI=1S/C15H19N5O3S2/c1-10(14(21)17-12-5-8-25(22,23)9-12)24-15-19-18-13(20(15)2)11-3-6-16-7-4-11/h3-4,6-7,10,12H,5,8-9H2,1-2H3,(H,17,21)/t10-,12-/m0/s1. The van der Waals surface area contributed by atoms with E-state index < -0.39 is 15.1 Å². The Balaban J connectivity index is 1.64. The third-order valence-electron chi connectivity index (χ3n) is 4.00. The Kier molecular flexibility index (Phi) is 5.09. The van der Waals surface area contributed by atoms with E-state index in [4.69, 9.17) is 0 Å². The molecule has 2 atom stereocenters. The van der Waals surface area contributed by atoms with E-state index in [-0.39, 0.29) is 23.5 Å². The SMILES string of the molecule is C[C@H](Sc1nnc(-c2ccncc2)n1C)C(=O)N[C@H]1CCS(=O)(=O)C1. The second-order valence-corrected chi connectivity index (χ2v) is 9.51. The molecule has 1 fully saturated rings. The molecule has 2 aromatic rings. The highest BCUT2D eigenvalue weighted by molar-refractivity contribution is 8.00. The van der Waals surface area contributed by atoms with E-state index in [2.05, 4.69) is 20.5 Å². The van der Waals surface area contributed by atoms with Gasteiger partial charge in [-0.05, 0) is 25.5 Å². The minimum absolute atomic E-state index is 0.0201. The number of sulfone groups is 1. The molecule has 0 aromatic carbocycles. The van der Waals surface area contributed by atoms with Crippen LogP contribution in [-0.2, 0) is 21.7 Å². The molecular weight excluding hydrogens is 362 g/mol. The molecule has 10 heteroatoms. The summed E-state index contributed by atoms with van der Waals surface area (Å²) in [6.07, 6.45) is 3.84. The van der Waals surface area contributed by atoms with Gasteiger partial charge < -0.3 is 9.88 Å². The molecule has 0 aliphatic carbocycles. The molecule has 1 saturated heterocycles. The van der Waals surface area contributed by atoms with Crippen LogP contribution in [0, 0.1) is 0 Å². The summed E-state index contributed by atoms with van der Waals surface area (Å²) in [7, 11) is -1.17. The van der Waals surface area contributed by atoms with Crippen molar-refractivity contribution in [2.75, 3.05) is 11.5 Å². The Hall–Kier alpha value is -1.94. The number of carbonyl (C=O) groups is 1. The zero-order chi connectivity index (χ0) is 18.0. The van der Waals surface area contributed by atoms with Gasteiger partial charge in [0.25, 0.3) is 0 Å². The molecule has 0 spiro atoms. The topological polar surface area (TPSA) is 107 Å². The zero-order valence-corrected chi connectivity index (χ0v) is 15.5. The highest BCUT2D eigenvalue weighted by Crippen LogP contribution is 2.25. The Morgan fingerprint density at radius 3 is 2.72 bits per heavy atom. The van der Waals surface area contributed by atoms with Crippen molar-refractivity contribution in [3.05, 3.63) is 24.5 Å². The molecule has 1 N–H and O–H groups in total. The summed E-state index contributed by atoms with van der Waals surface area (Å²) in [4.78, 5) is 16.3. The number of aromatic nitrogens is 4. The van der Waals surface area contributed by atoms with Crippen molar-refractivity contribution in [1.82, 2.24) is 25.1 Å². The zero-order valence-electron chi connectivity index (χ0n) is 13.9. The van der Waals surface area contributed by atoms with Crippen LogP contribution in [0.4, 0.5) is 0 Å². The van der Waals surface area contributed by atoms with Gasteiger partial charge in [0.1, 0.15) is 0 Å². The van der Waals surface area contributed by atoms with Gasteiger partial charge in [0.05, 0.1) is 16.8 Å². The summed E-state index contributed by atoms with van der Waals surface area (Å²) < 4.78 is 24.8. The van der Waals surface area contributed by atoms with Crippen molar-refractivity contribution >= 4 is 27.5 Å². The number of hydrogen-bond donors (Lipinski definition) is 1. The molecular formula is C15H19N5O3S2. The van der Waals surface area contributed by atoms with Crippen LogP contribution >= 0.6 is 11.8 Å². The lowest BCUT2D eigenvalue weighted by Crippen LogP contribution is -2.40. The molecule has 3 rings (SSSR count). The van der Waals surface area contributed by atoms with Gasteiger partial charge in [0.15, 0.2) is 20.8 Å². The maximum atomic E-state index is 12.3. The second-order valence-electron chi connectivity index (χ2n) is 5.97. The maximum absolute atomic E-state index is 12.3. The van der Waals surface area contributed by atoms with Gasteiger partial charge in [-0.1, -0.05) is 11.8 Å².